The molecule has 0 saturated carbocycles. The third kappa shape index (κ3) is 5.78. The van der Waals surface area contributed by atoms with Crippen molar-refractivity contribution < 1.29 is 19.2 Å². The Morgan fingerprint density at radius 3 is 2.81 bits per heavy atom. The maximum absolute atomic E-state index is 11.0. The molecule has 0 aromatic heterocycles. The molecule has 0 aliphatic carbocycles. The largest absolute Gasteiger partial charge is 0.493 e. The number of hydrogen-bond donors (Lipinski definition) is 1. The Bertz CT molecular complexity index is 490. The van der Waals surface area contributed by atoms with E-state index in [1.54, 1.807) is 6.07 Å². The van der Waals surface area contributed by atoms with Crippen LogP contribution in [0.5, 0.6) is 5.75 Å². The number of nitro benzene ring substituents is 1. The highest BCUT2D eigenvalue weighted by Gasteiger charge is 2.12. The summed E-state index contributed by atoms with van der Waals surface area (Å²) in [5, 5.41) is 14.0. The Labute approximate surface area is 123 Å². The molecule has 0 saturated heterocycles. The van der Waals surface area contributed by atoms with Crippen molar-refractivity contribution in [2.24, 2.45) is 0 Å². The van der Waals surface area contributed by atoms with Crippen LogP contribution in [-0.4, -0.2) is 31.2 Å². The van der Waals surface area contributed by atoms with Crippen molar-refractivity contribution in [1.82, 2.24) is 5.32 Å². The van der Waals surface area contributed by atoms with Gasteiger partial charge in [0.15, 0.2) is 0 Å². The van der Waals surface area contributed by atoms with Crippen LogP contribution in [0.1, 0.15) is 25.3 Å². The molecule has 0 aliphatic heterocycles. The fraction of sp³-hybridized carbons (Fsp3) is 0.500. The van der Waals surface area contributed by atoms with Crippen molar-refractivity contribution in [3.05, 3.63) is 33.9 Å². The Morgan fingerprint density at radius 2 is 2.19 bits per heavy atom. The average Bonchev–Trinajstić information content (AvgIpc) is 2.48. The van der Waals surface area contributed by atoms with Crippen molar-refractivity contribution >= 4 is 11.7 Å². The zero-order valence-electron chi connectivity index (χ0n) is 12.3. The first kappa shape index (κ1) is 16.9. The van der Waals surface area contributed by atoms with Crippen LogP contribution in [0.3, 0.4) is 0 Å². The minimum absolute atomic E-state index is 0.0172. The monoisotopic (exact) mass is 296 g/mol. The zero-order valence-corrected chi connectivity index (χ0v) is 12.3. The van der Waals surface area contributed by atoms with E-state index >= 15 is 0 Å². The summed E-state index contributed by atoms with van der Waals surface area (Å²) in [6.07, 6.45) is 1.10. The summed E-state index contributed by atoms with van der Waals surface area (Å²) in [7, 11) is 1.31. The molecule has 0 bridgehead atoms. The number of carbonyl (C=O) groups is 1. The highest BCUT2D eigenvalue weighted by atomic mass is 16.6. The minimum Gasteiger partial charge on any atom is -0.493 e. The first-order valence-electron chi connectivity index (χ1n) is 6.76. The van der Waals surface area contributed by atoms with Crippen molar-refractivity contribution in [2.75, 3.05) is 20.3 Å². The van der Waals surface area contributed by atoms with Gasteiger partial charge in [-0.05, 0) is 19.0 Å². The molecular weight excluding hydrogens is 276 g/mol. The maximum Gasteiger partial charge on any atom is 0.308 e. The number of carbonyl (C=O) groups excluding carboxylic acids is 1. The van der Waals surface area contributed by atoms with Crippen LogP contribution in [-0.2, 0) is 16.1 Å². The molecule has 0 heterocycles. The summed E-state index contributed by atoms with van der Waals surface area (Å²) < 4.78 is 10.0. The molecule has 0 fully saturated rings. The van der Waals surface area contributed by atoms with Gasteiger partial charge in [-0.1, -0.05) is 6.92 Å². The lowest BCUT2D eigenvalue weighted by atomic mass is 10.1. The maximum atomic E-state index is 11.0. The fourth-order valence-corrected chi connectivity index (χ4v) is 1.70. The highest BCUT2D eigenvalue weighted by molar-refractivity contribution is 5.69. The summed E-state index contributed by atoms with van der Waals surface area (Å²) in [5.74, 6) is 0.177. The van der Waals surface area contributed by atoms with Crippen LogP contribution in [0.25, 0.3) is 0 Å². The predicted octanol–water partition coefficient (Wildman–Crippen LogP) is 2.04. The van der Waals surface area contributed by atoms with Gasteiger partial charge >= 0.3 is 5.97 Å². The van der Waals surface area contributed by atoms with Gasteiger partial charge in [0.05, 0.1) is 25.1 Å². The number of hydrogen-bond acceptors (Lipinski definition) is 6. The van der Waals surface area contributed by atoms with E-state index in [1.807, 2.05) is 6.92 Å². The van der Waals surface area contributed by atoms with Crippen molar-refractivity contribution in [3.8, 4) is 5.75 Å². The Hall–Kier alpha value is -2.15. The van der Waals surface area contributed by atoms with Gasteiger partial charge in [0.1, 0.15) is 5.75 Å². The van der Waals surface area contributed by atoms with E-state index in [1.165, 1.54) is 19.2 Å². The smallest absolute Gasteiger partial charge is 0.308 e. The number of benzene rings is 1. The molecular formula is C14H20N2O5. The van der Waals surface area contributed by atoms with E-state index in [9.17, 15) is 14.9 Å². The van der Waals surface area contributed by atoms with E-state index in [2.05, 4.69) is 10.1 Å². The molecule has 0 spiro atoms. The highest BCUT2D eigenvalue weighted by Crippen LogP contribution is 2.24. The van der Waals surface area contributed by atoms with Crippen LogP contribution in [0, 0.1) is 10.1 Å². The van der Waals surface area contributed by atoms with Gasteiger partial charge in [-0.3, -0.25) is 14.9 Å². The number of non-ortho nitro benzene ring substituents is 1. The lowest BCUT2D eigenvalue weighted by Crippen LogP contribution is -2.15. The third-order valence-corrected chi connectivity index (χ3v) is 2.79. The molecule has 116 valence electrons. The Kier molecular flexibility index (Phi) is 7.17. The van der Waals surface area contributed by atoms with Gasteiger partial charge in [-0.25, -0.2) is 0 Å². The van der Waals surface area contributed by atoms with Crippen molar-refractivity contribution in [1.29, 1.82) is 0 Å². The van der Waals surface area contributed by atoms with Crippen LogP contribution in [0.15, 0.2) is 18.2 Å². The molecule has 0 radical (unpaired) electrons. The summed E-state index contributed by atoms with van der Waals surface area (Å²) in [4.78, 5) is 21.4. The molecule has 0 unspecified atom stereocenters. The first-order valence-corrected chi connectivity index (χ1v) is 6.76. The molecule has 7 nitrogen and oxygen atoms in total. The lowest BCUT2D eigenvalue weighted by molar-refractivity contribution is -0.384. The normalized spacial score (nSPS) is 10.2. The fourth-order valence-electron chi connectivity index (χ4n) is 1.70. The van der Waals surface area contributed by atoms with E-state index in [0.717, 1.165) is 13.0 Å². The van der Waals surface area contributed by atoms with Gasteiger partial charge in [0.2, 0.25) is 0 Å². The molecule has 1 N–H and O–H groups in total. The predicted molar refractivity (Wildman–Crippen MR) is 77.2 cm³/mol. The van der Waals surface area contributed by atoms with E-state index < -0.39 is 4.92 Å². The number of nitro groups is 1. The summed E-state index contributed by atoms with van der Waals surface area (Å²) in [6, 6.07) is 4.42. The van der Waals surface area contributed by atoms with Gasteiger partial charge < -0.3 is 14.8 Å². The molecule has 1 aromatic carbocycles. The lowest BCUT2D eigenvalue weighted by Gasteiger charge is -2.11. The number of esters is 1. The third-order valence-electron chi connectivity index (χ3n) is 2.79. The molecule has 7 heteroatoms. The Balaban J connectivity index is 2.75. The van der Waals surface area contributed by atoms with Gasteiger partial charge in [0, 0.05) is 24.2 Å². The number of rotatable bonds is 9. The molecule has 21 heavy (non-hydrogen) atoms. The number of nitrogens with one attached hydrogen (secondary N) is 1. The van der Waals surface area contributed by atoms with Crippen molar-refractivity contribution in [2.45, 2.75) is 26.3 Å². The molecule has 0 amide bonds. The molecule has 0 aliphatic rings. The second kappa shape index (κ2) is 8.91. The quantitative estimate of drug-likeness (QED) is 0.324. The topological polar surface area (TPSA) is 90.7 Å². The molecule has 1 aromatic rings. The first-order chi connectivity index (χ1) is 10.1. The molecule has 1 rings (SSSR count). The second-order valence-electron chi connectivity index (χ2n) is 4.40. The second-order valence-corrected chi connectivity index (χ2v) is 4.40. The summed E-state index contributed by atoms with van der Waals surface area (Å²) in [5.41, 5.74) is 0.714. The summed E-state index contributed by atoms with van der Waals surface area (Å²) in [6.45, 7) is 3.49. The van der Waals surface area contributed by atoms with Gasteiger partial charge in [-0.2, -0.15) is 0 Å². The van der Waals surface area contributed by atoms with Gasteiger partial charge in [-0.15, -0.1) is 0 Å². The summed E-state index contributed by atoms with van der Waals surface area (Å²) >= 11 is 0. The standard InChI is InChI=1S/C14H20N2O5/c1-3-7-15-10-11-9-12(16(18)19)4-5-13(11)21-8-6-14(17)20-2/h4-5,9,15H,3,6-8,10H2,1-2H3. The number of nitrogens with zero attached hydrogens (tertiary/aromatic N) is 1. The van der Waals surface area contributed by atoms with E-state index in [4.69, 9.17) is 4.74 Å². The number of methoxy groups -OCH3 is 1. The van der Waals surface area contributed by atoms with E-state index in [-0.39, 0.29) is 24.7 Å². The SMILES string of the molecule is CCCNCc1cc([N+](=O)[O-])ccc1OCCC(=O)OC. The molecule has 0 atom stereocenters. The van der Waals surface area contributed by atoms with Crippen LogP contribution >= 0.6 is 0 Å². The number of ether oxygens (including phenoxy) is 2. The van der Waals surface area contributed by atoms with E-state index in [0.29, 0.717) is 17.9 Å². The average molecular weight is 296 g/mol. The van der Waals surface area contributed by atoms with Crippen molar-refractivity contribution in [3.63, 3.8) is 0 Å². The Morgan fingerprint density at radius 1 is 1.43 bits per heavy atom. The zero-order chi connectivity index (χ0) is 15.7. The van der Waals surface area contributed by atoms with Crippen LogP contribution < -0.4 is 10.1 Å². The van der Waals surface area contributed by atoms with Crippen LogP contribution in [0.4, 0.5) is 5.69 Å². The van der Waals surface area contributed by atoms with Crippen LogP contribution in [0.2, 0.25) is 0 Å². The minimum atomic E-state index is -0.443. The van der Waals surface area contributed by atoms with Gasteiger partial charge in [0.25, 0.3) is 5.69 Å².